The molecule has 1 aliphatic rings. The molecule has 4 rings (SSSR count). The molecule has 25 heavy (non-hydrogen) atoms. The predicted molar refractivity (Wildman–Crippen MR) is 98.0 cm³/mol. The summed E-state index contributed by atoms with van der Waals surface area (Å²) in [6, 6.07) is 10.6. The van der Waals surface area contributed by atoms with Gasteiger partial charge in [-0.05, 0) is 30.9 Å². The third-order valence-corrected chi connectivity index (χ3v) is 5.01. The van der Waals surface area contributed by atoms with Gasteiger partial charge < -0.3 is 9.13 Å². The minimum atomic E-state index is 0.702. The molecule has 0 aliphatic carbocycles. The number of hydrogen-bond donors (Lipinski definition) is 0. The molecule has 0 saturated carbocycles. The van der Waals surface area contributed by atoms with Crippen LogP contribution in [0.4, 0.5) is 0 Å². The van der Waals surface area contributed by atoms with E-state index in [2.05, 4.69) is 60.5 Å². The van der Waals surface area contributed by atoms with Crippen LogP contribution in [0.15, 0.2) is 61.6 Å². The first-order valence-electron chi connectivity index (χ1n) is 9.08. The van der Waals surface area contributed by atoms with Crippen molar-refractivity contribution >= 4 is 0 Å². The van der Waals surface area contributed by atoms with Gasteiger partial charge in [-0.25, -0.2) is 9.97 Å². The van der Waals surface area contributed by atoms with Crippen molar-refractivity contribution in [2.45, 2.75) is 32.5 Å². The molecule has 1 fully saturated rings. The summed E-state index contributed by atoms with van der Waals surface area (Å²) < 4.78 is 4.47. The van der Waals surface area contributed by atoms with Crippen molar-refractivity contribution in [3.63, 3.8) is 0 Å². The van der Waals surface area contributed by atoms with Crippen molar-refractivity contribution in [1.82, 2.24) is 24.0 Å². The number of rotatable bonds is 6. The highest BCUT2D eigenvalue weighted by atomic mass is 15.2. The maximum absolute atomic E-state index is 4.39. The second-order valence-electron chi connectivity index (χ2n) is 7.00. The average molecular weight is 335 g/mol. The normalized spacial score (nSPS) is 18.5. The van der Waals surface area contributed by atoms with Gasteiger partial charge >= 0.3 is 0 Å². The van der Waals surface area contributed by atoms with Crippen LogP contribution >= 0.6 is 0 Å². The van der Waals surface area contributed by atoms with E-state index in [1.54, 1.807) is 0 Å². The summed E-state index contributed by atoms with van der Waals surface area (Å²) >= 11 is 0. The molecule has 3 heterocycles. The second kappa shape index (κ2) is 7.66. The quantitative estimate of drug-likeness (QED) is 0.695. The van der Waals surface area contributed by atoms with E-state index in [4.69, 9.17) is 0 Å². The Morgan fingerprint density at radius 3 is 2.80 bits per heavy atom. The molecule has 5 heteroatoms. The molecule has 2 aromatic heterocycles. The van der Waals surface area contributed by atoms with E-state index >= 15 is 0 Å². The zero-order valence-electron chi connectivity index (χ0n) is 14.5. The fraction of sp³-hybridized carbons (Fsp3) is 0.400. The number of aromatic nitrogens is 4. The molecule has 0 N–H and O–H groups in total. The molecular formula is C20H25N5. The Morgan fingerprint density at radius 2 is 1.96 bits per heavy atom. The molecule has 130 valence electrons. The number of nitrogens with zero attached hydrogens (tertiary/aromatic N) is 5. The predicted octanol–water partition coefficient (Wildman–Crippen LogP) is 3.04. The summed E-state index contributed by atoms with van der Waals surface area (Å²) in [5.74, 6) is 0.702. The smallest absolute Gasteiger partial charge is 0.0951 e. The Hall–Kier alpha value is -2.40. The Bertz CT molecular complexity index is 763. The van der Waals surface area contributed by atoms with Crippen LogP contribution in [0.2, 0.25) is 0 Å². The van der Waals surface area contributed by atoms with Crippen molar-refractivity contribution in [3.05, 3.63) is 72.8 Å². The second-order valence-corrected chi connectivity index (χ2v) is 7.00. The fourth-order valence-electron chi connectivity index (χ4n) is 3.77. The van der Waals surface area contributed by atoms with E-state index in [9.17, 15) is 0 Å². The molecule has 1 atom stereocenters. The van der Waals surface area contributed by atoms with Gasteiger partial charge in [-0.1, -0.05) is 30.3 Å². The van der Waals surface area contributed by atoms with Crippen molar-refractivity contribution in [1.29, 1.82) is 0 Å². The SMILES string of the molecule is c1ccc(Cn2cncc2CN2CCCC(Cn3ccnc3)C2)cc1. The third-order valence-electron chi connectivity index (χ3n) is 5.01. The first-order valence-corrected chi connectivity index (χ1v) is 9.08. The van der Waals surface area contributed by atoms with Crippen LogP contribution < -0.4 is 0 Å². The van der Waals surface area contributed by atoms with E-state index in [0.717, 1.165) is 26.2 Å². The molecule has 1 saturated heterocycles. The summed E-state index contributed by atoms with van der Waals surface area (Å²) in [5, 5.41) is 0. The van der Waals surface area contributed by atoms with Gasteiger partial charge in [-0.15, -0.1) is 0 Å². The van der Waals surface area contributed by atoms with Gasteiger partial charge in [-0.3, -0.25) is 4.90 Å². The number of benzene rings is 1. The number of imidazole rings is 2. The molecule has 1 aromatic carbocycles. The molecule has 0 amide bonds. The van der Waals surface area contributed by atoms with Crippen LogP contribution in [0, 0.1) is 5.92 Å². The van der Waals surface area contributed by atoms with Crippen molar-refractivity contribution in [2.75, 3.05) is 13.1 Å². The molecule has 1 aliphatic heterocycles. The first-order chi connectivity index (χ1) is 12.4. The maximum atomic E-state index is 4.39. The van der Waals surface area contributed by atoms with Gasteiger partial charge in [0.05, 0.1) is 18.3 Å². The summed E-state index contributed by atoms with van der Waals surface area (Å²) in [4.78, 5) is 11.1. The summed E-state index contributed by atoms with van der Waals surface area (Å²) in [7, 11) is 0. The van der Waals surface area contributed by atoms with Gasteiger partial charge in [0.25, 0.3) is 0 Å². The fourth-order valence-corrected chi connectivity index (χ4v) is 3.77. The van der Waals surface area contributed by atoms with Crippen LogP contribution in [-0.4, -0.2) is 37.1 Å². The molecule has 0 bridgehead atoms. The highest BCUT2D eigenvalue weighted by Crippen LogP contribution is 2.20. The van der Waals surface area contributed by atoms with Crippen LogP contribution in [0.3, 0.4) is 0 Å². The van der Waals surface area contributed by atoms with Gasteiger partial charge in [-0.2, -0.15) is 0 Å². The van der Waals surface area contributed by atoms with Gasteiger partial charge in [0.15, 0.2) is 0 Å². The number of likely N-dealkylation sites (tertiary alicyclic amines) is 1. The summed E-state index contributed by atoms with van der Waals surface area (Å²) in [5.41, 5.74) is 2.62. The van der Waals surface area contributed by atoms with Crippen LogP contribution in [-0.2, 0) is 19.6 Å². The van der Waals surface area contributed by atoms with E-state index in [1.165, 1.54) is 30.6 Å². The molecule has 3 aromatic rings. The van der Waals surface area contributed by atoms with Gasteiger partial charge in [0.2, 0.25) is 0 Å². The van der Waals surface area contributed by atoms with Crippen molar-refractivity contribution in [2.24, 2.45) is 5.92 Å². The lowest BCUT2D eigenvalue weighted by atomic mass is 9.98. The Kier molecular flexibility index (Phi) is 4.93. The average Bonchev–Trinajstić information content (AvgIpc) is 3.29. The lowest BCUT2D eigenvalue weighted by Crippen LogP contribution is -2.37. The topological polar surface area (TPSA) is 38.9 Å². The summed E-state index contributed by atoms with van der Waals surface area (Å²) in [6.07, 6.45) is 12.4. The van der Waals surface area contributed by atoms with E-state index in [-0.39, 0.29) is 0 Å². The summed E-state index contributed by atoms with van der Waals surface area (Å²) in [6.45, 7) is 5.27. The Morgan fingerprint density at radius 1 is 1.04 bits per heavy atom. The lowest BCUT2D eigenvalue weighted by Gasteiger charge is -2.33. The monoisotopic (exact) mass is 335 g/mol. The van der Waals surface area contributed by atoms with E-state index in [0.29, 0.717) is 5.92 Å². The zero-order valence-corrected chi connectivity index (χ0v) is 14.5. The standard InChI is InChI=1S/C20H25N5/c1-2-5-18(6-3-1)14-25-17-22-11-20(25)15-23-9-4-7-19(12-23)13-24-10-8-21-16-24/h1-3,5-6,8,10-11,16-17,19H,4,7,9,12-15H2. The molecule has 0 radical (unpaired) electrons. The molecule has 1 unspecified atom stereocenters. The molecule has 0 spiro atoms. The molecular weight excluding hydrogens is 310 g/mol. The largest absolute Gasteiger partial charge is 0.337 e. The maximum Gasteiger partial charge on any atom is 0.0951 e. The first kappa shape index (κ1) is 16.1. The lowest BCUT2D eigenvalue weighted by molar-refractivity contribution is 0.153. The Labute approximate surface area is 148 Å². The molecule has 5 nitrogen and oxygen atoms in total. The minimum Gasteiger partial charge on any atom is -0.337 e. The van der Waals surface area contributed by atoms with Gasteiger partial charge in [0, 0.05) is 44.8 Å². The Balaban J connectivity index is 1.38. The number of piperidine rings is 1. The van der Waals surface area contributed by atoms with Crippen LogP contribution in [0.1, 0.15) is 24.1 Å². The minimum absolute atomic E-state index is 0.702. The number of hydrogen-bond acceptors (Lipinski definition) is 3. The zero-order chi connectivity index (χ0) is 16.9. The van der Waals surface area contributed by atoms with Crippen LogP contribution in [0.5, 0.6) is 0 Å². The van der Waals surface area contributed by atoms with Gasteiger partial charge in [0.1, 0.15) is 0 Å². The highest BCUT2D eigenvalue weighted by molar-refractivity contribution is 5.16. The van der Waals surface area contributed by atoms with Crippen molar-refractivity contribution in [3.8, 4) is 0 Å². The highest BCUT2D eigenvalue weighted by Gasteiger charge is 2.21. The van der Waals surface area contributed by atoms with Crippen LogP contribution in [0.25, 0.3) is 0 Å². The third kappa shape index (κ3) is 4.17. The van der Waals surface area contributed by atoms with Crippen molar-refractivity contribution < 1.29 is 0 Å². The van der Waals surface area contributed by atoms with E-state index < -0.39 is 0 Å². The van der Waals surface area contributed by atoms with E-state index in [1.807, 2.05) is 25.0 Å².